The third kappa shape index (κ3) is 4.78. The van der Waals surface area contributed by atoms with Gasteiger partial charge in [0.15, 0.2) is 0 Å². The molecule has 0 aliphatic rings. The van der Waals surface area contributed by atoms with Crippen molar-refractivity contribution in [2.45, 2.75) is 39.3 Å². The summed E-state index contributed by atoms with van der Waals surface area (Å²) in [4.78, 5) is 11.8. The summed E-state index contributed by atoms with van der Waals surface area (Å²) in [7, 11) is 0. The molecule has 1 N–H and O–H groups in total. The minimum atomic E-state index is -0.405. The Morgan fingerprint density at radius 2 is 1.89 bits per heavy atom. The van der Waals surface area contributed by atoms with E-state index in [1.807, 2.05) is 52.0 Å². The van der Waals surface area contributed by atoms with Crippen molar-refractivity contribution in [2.75, 3.05) is 6.61 Å². The van der Waals surface area contributed by atoms with Crippen molar-refractivity contribution >= 4 is 21.8 Å². The fourth-order valence-corrected chi connectivity index (χ4v) is 1.83. The molecule has 0 aliphatic carbocycles. The third-order valence-electron chi connectivity index (χ3n) is 2.57. The van der Waals surface area contributed by atoms with E-state index >= 15 is 0 Å². The van der Waals surface area contributed by atoms with Gasteiger partial charge in [0.25, 0.3) is 0 Å². The van der Waals surface area contributed by atoms with Gasteiger partial charge in [-0.3, -0.25) is 4.79 Å². The van der Waals surface area contributed by atoms with Crippen molar-refractivity contribution in [1.29, 1.82) is 0 Å². The number of nitrogens with one attached hydrogen (secondary N) is 1. The van der Waals surface area contributed by atoms with E-state index in [9.17, 15) is 4.79 Å². The Balaban J connectivity index is 2.63. The molecule has 1 aromatic carbocycles. The van der Waals surface area contributed by atoms with Crippen LogP contribution in [0, 0.1) is 0 Å². The van der Waals surface area contributed by atoms with Crippen LogP contribution in [-0.4, -0.2) is 18.6 Å². The van der Waals surface area contributed by atoms with Crippen LogP contribution in [0.4, 0.5) is 0 Å². The molecular weight excluding hydrogens is 294 g/mol. The van der Waals surface area contributed by atoms with Crippen LogP contribution in [0.25, 0.3) is 0 Å². The zero-order valence-corrected chi connectivity index (χ0v) is 12.9. The highest BCUT2D eigenvalue weighted by atomic mass is 79.9. The molecule has 0 atom stereocenters. The van der Waals surface area contributed by atoms with E-state index in [1.54, 1.807) is 0 Å². The summed E-state index contributed by atoms with van der Waals surface area (Å²) in [6.07, 6.45) is 0.0616. The van der Waals surface area contributed by atoms with E-state index in [2.05, 4.69) is 21.2 Å². The number of benzene rings is 1. The highest BCUT2D eigenvalue weighted by molar-refractivity contribution is 9.10. The Morgan fingerprint density at radius 1 is 1.33 bits per heavy atom. The van der Waals surface area contributed by atoms with Gasteiger partial charge in [0.1, 0.15) is 6.61 Å². The Hall–Kier alpha value is -0.870. The lowest BCUT2D eigenvalue weighted by molar-refractivity contribution is -0.128. The van der Waals surface area contributed by atoms with Gasteiger partial charge in [-0.15, -0.1) is 0 Å². The quantitative estimate of drug-likeness (QED) is 0.906. The van der Waals surface area contributed by atoms with Gasteiger partial charge in [0.05, 0.1) is 11.6 Å². The molecule has 0 unspecified atom stereocenters. The summed E-state index contributed by atoms with van der Waals surface area (Å²) >= 11 is 3.40. The maximum atomic E-state index is 11.8. The number of amides is 1. The van der Waals surface area contributed by atoms with Gasteiger partial charge in [0, 0.05) is 4.47 Å². The molecule has 1 rings (SSSR count). The smallest absolute Gasteiger partial charge is 0.246 e. The van der Waals surface area contributed by atoms with Crippen LogP contribution in [0.2, 0.25) is 0 Å². The Bertz CT molecular complexity index is 399. The maximum Gasteiger partial charge on any atom is 0.246 e. The van der Waals surface area contributed by atoms with Gasteiger partial charge < -0.3 is 10.1 Å². The Morgan fingerprint density at radius 3 is 2.39 bits per heavy atom. The van der Waals surface area contributed by atoms with Crippen molar-refractivity contribution in [1.82, 2.24) is 5.32 Å². The molecule has 0 saturated carbocycles. The third-order valence-corrected chi connectivity index (χ3v) is 3.09. The van der Waals surface area contributed by atoms with Gasteiger partial charge in [-0.05, 0) is 45.4 Å². The largest absolute Gasteiger partial charge is 0.369 e. The van der Waals surface area contributed by atoms with Crippen LogP contribution in [0.15, 0.2) is 28.7 Å². The molecular formula is C14H20BrNO2. The van der Waals surface area contributed by atoms with Crippen molar-refractivity contribution < 1.29 is 9.53 Å². The predicted molar refractivity (Wildman–Crippen MR) is 76.4 cm³/mol. The fourth-order valence-electron chi connectivity index (χ4n) is 1.57. The fraction of sp³-hybridized carbons (Fsp3) is 0.500. The minimum absolute atomic E-state index is 0.0616. The van der Waals surface area contributed by atoms with Crippen molar-refractivity contribution in [3.05, 3.63) is 34.3 Å². The van der Waals surface area contributed by atoms with Gasteiger partial charge in [-0.1, -0.05) is 28.1 Å². The van der Waals surface area contributed by atoms with Crippen LogP contribution in [0.3, 0.4) is 0 Å². The normalized spacial score (nSPS) is 11.7. The number of ether oxygens (including phenoxy) is 1. The predicted octanol–water partition coefficient (Wildman–Crippen LogP) is 3.23. The van der Waals surface area contributed by atoms with Crippen molar-refractivity contribution in [3.63, 3.8) is 0 Å². The zero-order valence-electron chi connectivity index (χ0n) is 11.3. The molecule has 0 bridgehead atoms. The highest BCUT2D eigenvalue weighted by Crippen LogP contribution is 2.22. The lowest BCUT2D eigenvalue weighted by Gasteiger charge is -2.27. The number of rotatable bonds is 5. The monoisotopic (exact) mass is 313 g/mol. The lowest BCUT2D eigenvalue weighted by atomic mass is 9.94. The minimum Gasteiger partial charge on any atom is -0.369 e. The second-order valence-corrected chi connectivity index (χ2v) is 5.96. The SMILES string of the molecule is CC(C)OCC(=O)NC(C)(C)c1ccc(Br)cc1. The number of halogens is 1. The first-order valence-corrected chi connectivity index (χ1v) is 6.79. The highest BCUT2D eigenvalue weighted by Gasteiger charge is 2.22. The summed E-state index contributed by atoms with van der Waals surface area (Å²) in [5.41, 5.74) is 0.654. The van der Waals surface area contributed by atoms with Gasteiger partial charge in [0.2, 0.25) is 5.91 Å². The van der Waals surface area contributed by atoms with Crippen LogP contribution >= 0.6 is 15.9 Å². The Kier molecular flexibility index (Phi) is 5.35. The topological polar surface area (TPSA) is 38.3 Å². The van der Waals surface area contributed by atoms with Crippen LogP contribution < -0.4 is 5.32 Å². The number of hydrogen-bond acceptors (Lipinski definition) is 2. The maximum absolute atomic E-state index is 11.8. The van der Waals surface area contributed by atoms with Crippen LogP contribution in [0.5, 0.6) is 0 Å². The van der Waals surface area contributed by atoms with Gasteiger partial charge in [-0.2, -0.15) is 0 Å². The zero-order chi connectivity index (χ0) is 13.8. The molecule has 4 heteroatoms. The average molecular weight is 314 g/mol. The first-order valence-electron chi connectivity index (χ1n) is 6.00. The first-order chi connectivity index (χ1) is 8.31. The van der Waals surface area contributed by atoms with E-state index < -0.39 is 5.54 Å². The molecule has 0 radical (unpaired) electrons. The number of carbonyl (C=O) groups is 1. The van der Waals surface area contributed by atoms with E-state index in [-0.39, 0.29) is 18.6 Å². The molecule has 3 nitrogen and oxygen atoms in total. The summed E-state index contributed by atoms with van der Waals surface area (Å²) in [5, 5.41) is 2.97. The molecule has 1 aromatic rings. The summed E-state index contributed by atoms with van der Waals surface area (Å²) in [6, 6.07) is 7.92. The average Bonchev–Trinajstić information content (AvgIpc) is 2.26. The lowest BCUT2D eigenvalue weighted by Crippen LogP contribution is -2.43. The number of hydrogen-bond donors (Lipinski definition) is 1. The molecule has 100 valence electrons. The molecule has 0 spiro atoms. The number of carbonyl (C=O) groups excluding carboxylic acids is 1. The van der Waals surface area contributed by atoms with Crippen LogP contribution in [-0.2, 0) is 15.1 Å². The summed E-state index contributed by atoms with van der Waals surface area (Å²) in [5.74, 6) is -0.100. The standard InChI is InChI=1S/C14H20BrNO2/c1-10(2)18-9-13(17)16-14(3,4)11-5-7-12(15)8-6-11/h5-8,10H,9H2,1-4H3,(H,16,17). The van der Waals surface area contributed by atoms with Gasteiger partial charge in [-0.25, -0.2) is 0 Å². The summed E-state index contributed by atoms with van der Waals surface area (Å²) in [6.45, 7) is 7.87. The van der Waals surface area contributed by atoms with E-state index in [0.29, 0.717) is 0 Å². The van der Waals surface area contributed by atoms with E-state index in [1.165, 1.54) is 0 Å². The Labute approximate surface area is 117 Å². The van der Waals surface area contributed by atoms with E-state index in [4.69, 9.17) is 4.74 Å². The molecule has 1 amide bonds. The summed E-state index contributed by atoms with van der Waals surface area (Å²) < 4.78 is 6.31. The first kappa shape index (κ1) is 15.2. The molecule has 0 aliphatic heterocycles. The second kappa shape index (κ2) is 6.34. The van der Waals surface area contributed by atoms with E-state index in [0.717, 1.165) is 10.0 Å². The van der Waals surface area contributed by atoms with Gasteiger partial charge >= 0.3 is 0 Å². The molecule has 0 heterocycles. The molecule has 18 heavy (non-hydrogen) atoms. The van der Waals surface area contributed by atoms with Crippen molar-refractivity contribution in [3.8, 4) is 0 Å². The van der Waals surface area contributed by atoms with Crippen LogP contribution in [0.1, 0.15) is 33.3 Å². The van der Waals surface area contributed by atoms with Crippen molar-refractivity contribution in [2.24, 2.45) is 0 Å². The second-order valence-electron chi connectivity index (χ2n) is 5.04. The molecule has 0 saturated heterocycles. The molecule has 0 aromatic heterocycles. The molecule has 0 fully saturated rings.